The summed E-state index contributed by atoms with van der Waals surface area (Å²) in [6.07, 6.45) is -8.40. The highest BCUT2D eigenvalue weighted by Crippen LogP contribution is 2.75. The van der Waals surface area contributed by atoms with Crippen molar-refractivity contribution in [2.45, 2.75) is 167 Å². The number of carbonyl (C=O) groups excluding carboxylic acids is 2. The van der Waals surface area contributed by atoms with Gasteiger partial charge in [-0.2, -0.15) is 0 Å². The van der Waals surface area contributed by atoms with Gasteiger partial charge in [0.15, 0.2) is 18.2 Å². The van der Waals surface area contributed by atoms with Crippen molar-refractivity contribution < 1.29 is 69.0 Å². The molecular formula is C42H62O14. The van der Waals surface area contributed by atoms with Crippen LogP contribution in [-0.2, 0) is 33.3 Å². The van der Waals surface area contributed by atoms with Gasteiger partial charge in [-0.05, 0) is 77.2 Å². The van der Waals surface area contributed by atoms with Crippen LogP contribution in [0.5, 0.6) is 0 Å². The normalized spacial score (nSPS) is 52.5. The van der Waals surface area contributed by atoms with E-state index in [1.165, 1.54) is 6.92 Å². The highest BCUT2D eigenvalue weighted by Gasteiger charge is 2.75. The zero-order chi connectivity index (χ0) is 41.2. The summed E-state index contributed by atoms with van der Waals surface area (Å²) < 4.78 is 30.5. The molecule has 0 unspecified atom stereocenters. The Morgan fingerprint density at radius 2 is 1.55 bits per heavy atom. The van der Waals surface area contributed by atoms with E-state index in [9.17, 15) is 45.3 Å². The lowest BCUT2D eigenvalue weighted by Crippen LogP contribution is -2.65. The molecule has 0 amide bonds. The maximum atomic E-state index is 15.0. The molecule has 0 aromatic carbocycles. The maximum absolute atomic E-state index is 15.0. The molecule has 314 valence electrons. The van der Waals surface area contributed by atoms with E-state index < -0.39 is 107 Å². The molecule has 3 saturated heterocycles. The lowest BCUT2D eigenvalue weighted by atomic mass is 9.39. The minimum absolute atomic E-state index is 0.0222. The van der Waals surface area contributed by atoms with Crippen LogP contribution in [0.15, 0.2) is 35.1 Å². The summed E-state index contributed by atoms with van der Waals surface area (Å²) in [6.45, 7) is 16.5. The van der Waals surface area contributed by atoms with Gasteiger partial charge in [0.05, 0.1) is 35.9 Å². The molecule has 5 fully saturated rings. The number of aliphatic hydroxyl groups is 7. The van der Waals surface area contributed by atoms with Crippen molar-refractivity contribution in [2.75, 3.05) is 6.61 Å². The monoisotopic (exact) mass is 790 g/mol. The molecular weight excluding hydrogens is 728 g/mol. The zero-order valence-corrected chi connectivity index (χ0v) is 33.9. The van der Waals surface area contributed by atoms with E-state index in [4.69, 9.17) is 23.7 Å². The van der Waals surface area contributed by atoms with Crippen LogP contribution in [0.4, 0.5) is 0 Å². The first-order valence-electron chi connectivity index (χ1n) is 20.1. The fraction of sp³-hybridized carbons (Fsp3) is 0.810. The number of rotatable bonds is 6. The average molecular weight is 791 g/mol. The predicted octanol–water partition coefficient (Wildman–Crippen LogP) is 1.60. The number of allylic oxidation sites excluding steroid dienone is 5. The van der Waals surface area contributed by atoms with E-state index >= 15 is 0 Å². The van der Waals surface area contributed by atoms with E-state index in [2.05, 4.69) is 26.0 Å². The average Bonchev–Trinajstić information content (AvgIpc) is 3.34. The predicted molar refractivity (Wildman–Crippen MR) is 198 cm³/mol. The third-order valence-electron chi connectivity index (χ3n) is 15.3. The van der Waals surface area contributed by atoms with Crippen LogP contribution in [0.3, 0.4) is 0 Å². The maximum Gasteiger partial charge on any atom is 0.229 e. The fourth-order valence-corrected chi connectivity index (χ4v) is 12.2. The summed E-state index contributed by atoms with van der Waals surface area (Å²) in [5.41, 5.74) is -2.36. The molecule has 19 atom stereocenters. The topological polar surface area (TPSA) is 222 Å². The van der Waals surface area contributed by atoms with Crippen LogP contribution in [0, 0.1) is 39.4 Å². The van der Waals surface area contributed by atoms with Gasteiger partial charge in [-0.1, -0.05) is 44.1 Å². The highest BCUT2D eigenvalue weighted by molar-refractivity contribution is 6.02. The molecule has 0 aromatic heterocycles. The first-order valence-corrected chi connectivity index (χ1v) is 20.1. The Bertz CT molecular complexity index is 1680. The minimum atomic E-state index is -1.78. The van der Waals surface area contributed by atoms with Crippen LogP contribution >= 0.6 is 0 Å². The van der Waals surface area contributed by atoms with Gasteiger partial charge in [0, 0.05) is 30.1 Å². The van der Waals surface area contributed by atoms with Gasteiger partial charge in [-0.15, -0.1) is 0 Å². The molecule has 2 saturated carbocycles. The summed E-state index contributed by atoms with van der Waals surface area (Å²) in [4.78, 5) is 29.4. The quantitative estimate of drug-likeness (QED) is 0.190. The Balaban J connectivity index is 1.24. The minimum Gasteiger partial charge on any atom is -0.459 e. The molecule has 3 aliphatic heterocycles. The molecule has 0 radical (unpaired) electrons. The van der Waals surface area contributed by atoms with Gasteiger partial charge in [-0.25, -0.2) is 0 Å². The molecule has 4 aliphatic carbocycles. The Morgan fingerprint density at radius 3 is 2.20 bits per heavy atom. The third-order valence-corrected chi connectivity index (χ3v) is 15.3. The van der Waals surface area contributed by atoms with Crippen LogP contribution in [-0.4, -0.2) is 133 Å². The molecule has 3 heterocycles. The van der Waals surface area contributed by atoms with Crippen molar-refractivity contribution in [3.8, 4) is 0 Å². The first-order chi connectivity index (χ1) is 25.9. The zero-order valence-electron chi connectivity index (χ0n) is 33.9. The second kappa shape index (κ2) is 14.0. The molecule has 0 aromatic rings. The number of ether oxygens (including phenoxy) is 5. The number of hydrogen-bond donors (Lipinski definition) is 7. The number of fused-ring (bicyclic) bond motifs is 7. The summed E-state index contributed by atoms with van der Waals surface area (Å²) >= 11 is 0. The number of aliphatic hydroxyl groups excluding tert-OH is 6. The Kier molecular flexibility index (Phi) is 10.5. The van der Waals surface area contributed by atoms with Crippen LogP contribution < -0.4 is 0 Å². The van der Waals surface area contributed by atoms with Crippen molar-refractivity contribution in [1.82, 2.24) is 0 Å². The van der Waals surface area contributed by atoms with Crippen molar-refractivity contribution in [3.63, 3.8) is 0 Å². The molecule has 7 rings (SSSR count). The van der Waals surface area contributed by atoms with Gasteiger partial charge in [0.25, 0.3) is 0 Å². The Morgan fingerprint density at radius 1 is 0.875 bits per heavy atom. The fourth-order valence-electron chi connectivity index (χ4n) is 12.2. The van der Waals surface area contributed by atoms with Gasteiger partial charge in [0.1, 0.15) is 42.4 Å². The lowest BCUT2D eigenvalue weighted by molar-refractivity contribution is -0.360. The Hall–Kier alpha value is -2.08. The largest absolute Gasteiger partial charge is 0.459 e. The number of Topliss-reactive ketones (excluding diaryl/α,β-unsaturated/α-hetero) is 2. The van der Waals surface area contributed by atoms with E-state index in [1.807, 2.05) is 27.7 Å². The second-order valence-corrected chi connectivity index (χ2v) is 19.4. The molecule has 0 bridgehead atoms. The SMILES string of the molecule is CC(C)=C[C@H]1C[C@](C)(O)[C@H]2[C@@H](C[C@@]3(C)[C@@H]4CC=C5[C@@H](C=C(O[C@H]6O[C@H](CO)[C@@H](O)[C@H](O)[C@H]6O[C@@H]6O[C@@H](C)[C@H](O)[C@@H](O)[C@H]6O)C(=O)C5(C)C)[C@]4(C)C(=O)C[C@]23C)O1. The number of carbonyl (C=O) groups is 2. The van der Waals surface area contributed by atoms with Crippen LogP contribution in [0.25, 0.3) is 0 Å². The lowest BCUT2D eigenvalue weighted by Gasteiger charge is -2.64. The van der Waals surface area contributed by atoms with Crippen molar-refractivity contribution >= 4 is 11.6 Å². The van der Waals surface area contributed by atoms with Gasteiger partial charge in [-0.3, -0.25) is 9.59 Å². The first kappa shape index (κ1) is 42.1. The third kappa shape index (κ3) is 6.07. The summed E-state index contributed by atoms with van der Waals surface area (Å²) in [7, 11) is 0. The smallest absolute Gasteiger partial charge is 0.229 e. The van der Waals surface area contributed by atoms with Gasteiger partial charge < -0.3 is 59.4 Å². The van der Waals surface area contributed by atoms with Crippen LogP contribution in [0.2, 0.25) is 0 Å². The summed E-state index contributed by atoms with van der Waals surface area (Å²) in [5, 5.41) is 75.6. The molecule has 56 heavy (non-hydrogen) atoms. The van der Waals surface area contributed by atoms with Crippen molar-refractivity contribution in [2.24, 2.45) is 39.4 Å². The molecule has 7 N–H and O–H groups in total. The van der Waals surface area contributed by atoms with E-state index in [0.717, 1.165) is 11.1 Å². The summed E-state index contributed by atoms with van der Waals surface area (Å²) in [5.74, 6) is -1.63. The standard InChI is InChI=1S/C42H62O14/c1-18(2)12-20-14-41(8,51)34-24(53-20)15-39(6)26-11-10-21-22(42(26,9)27(44)16-40(34,39)7)13-23(35(50)38(21,4)5)54-37-33(31(48)29(46)25(17-43)55-37)56-36-32(49)30(47)28(45)19(3)52-36/h10,12-13,19-20,22,24-26,28-34,36-37,43,45-49,51H,11,14-17H2,1-9H3/t19-,20-,22+,24+,25+,26-,28-,29+,30+,31-,32+,33+,34-,36-,37-,39-,40+,41-,42-/m0/s1. The molecule has 14 nitrogen and oxygen atoms in total. The summed E-state index contributed by atoms with van der Waals surface area (Å²) in [6, 6.07) is 0. The second-order valence-electron chi connectivity index (χ2n) is 19.4. The van der Waals surface area contributed by atoms with E-state index in [0.29, 0.717) is 19.3 Å². The van der Waals surface area contributed by atoms with Crippen LogP contribution in [0.1, 0.15) is 88.0 Å². The van der Waals surface area contributed by atoms with Crippen molar-refractivity contribution in [3.05, 3.63) is 35.1 Å². The van der Waals surface area contributed by atoms with E-state index in [1.54, 1.807) is 19.9 Å². The van der Waals surface area contributed by atoms with E-state index in [-0.39, 0.29) is 42.0 Å². The molecule has 7 aliphatic rings. The Labute approximate surface area is 328 Å². The van der Waals surface area contributed by atoms with Gasteiger partial charge >= 0.3 is 0 Å². The molecule has 0 spiro atoms. The number of ketones is 2. The number of hydrogen-bond acceptors (Lipinski definition) is 14. The van der Waals surface area contributed by atoms with Crippen molar-refractivity contribution in [1.29, 1.82) is 0 Å². The highest BCUT2D eigenvalue weighted by atomic mass is 16.8. The van der Waals surface area contributed by atoms with Gasteiger partial charge in [0.2, 0.25) is 12.1 Å². The molecule has 14 heteroatoms.